The Hall–Kier alpha value is -1.62. The van der Waals surface area contributed by atoms with E-state index in [9.17, 15) is 9.50 Å². The molecule has 2 atom stereocenters. The second-order valence-electron chi connectivity index (χ2n) is 4.48. The zero-order valence-corrected chi connectivity index (χ0v) is 10.1. The van der Waals surface area contributed by atoms with Gasteiger partial charge in [0.25, 0.3) is 0 Å². The molecule has 0 aliphatic heterocycles. The molecule has 1 aliphatic rings. The molecule has 1 aromatic rings. The number of rotatable bonds is 3. The summed E-state index contributed by atoms with van der Waals surface area (Å²) in [4.78, 5) is 0. The summed E-state index contributed by atoms with van der Waals surface area (Å²) >= 11 is 0. The summed E-state index contributed by atoms with van der Waals surface area (Å²) in [6.07, 6.45) is 1.63. The highest BCUT2D eigenvalue weighted by atomic mass is 19.1. The maximum atomic E-state index is 13.2. The Bertz CT molecular complexity index is 462. The fourth-order valence-electron chi connectivity index (χ4n) is 2.15. The number of aliphatic hydroxyl groups excluding tert-OH is 1. The molecule has 0 amide bonds. The van der Waals surface area contributed by atoms with Crippen molar-refractivity contribution in [2.24, 2.45) is 5.16 Å². The number of hydrogen-bond acceptors (Lipinski definition) is 4. The van der Waals surface area contributed by atoms with Crippen LogP contribution in [0.3, 0.4) is 0 Å². The highest BCUT2D eigenvalue weighted by Crippen LogP contribution is 2.28. The van der Waals surface area contributed by atoms with Crippen molar-refractivity contribution in [3.8, 4) is 5.75 Å². The van der Waals surface area contributed by atoms with Gasteiger partial charge in [0.2, 0.25) is 0 Å². The van der Waals surface area contributed by atoms with E-state index in [4.69, 9.17) is 9.94 Å². The van der Waals surface area contributed by atoms with Crippen molar-refractivity contribution in [1.29, 1.82) is 0 Å². The summed E-state index contributed by atoms with van der Waals surface area (Å²) in [5.41, 5.74) is 0.675. The predicted octanol–water partition coefficient (Wildman–Crippen LogP) is 2.32. The van der Waals surface area contributed by atoms with E-state index in [1.807, 2.05) is 0 Å². The van der Waals surface area contributed by atoms with E-state index in [1.54, 1.807) is 6.92 Å². The van der Waals surface area contributed by atoms with Gasteiger partial charge in [-0.3, -0.25) is 0 Å². The van der Waals surface area contributed by atoms with Crippen molar-refractivity contribution in [3.63, 3.8) is 0 Å². The lowest BCUT2D eigenvalue weighted by Gasteiger charge is -2.19. The summed E-state index contributed by atoms with van der Waals surface area (Å²) in [6.45, 7) is 1.56. The Morgan fingerprint density at radius 2 is 2.22 bits per heavy atom. The van der Waals surface area contributed by atoms with Gasteiger partial charge >= 0.3 is 0 Å². The minimum Gasteiger partial charge on any atom is -0.487 e. The van der Waals surface area contributed by atoms with E-state index in [0.717, 1.165) is 12.8 Å². The third-order valence-corrected chi connectivity index (χ3v) is 3.18. The molecule has 0 saturated heterocycles. The average Bonchev–Trinajstić information content (AvgIpc) is 2.76. The van der Waals surface area contributed by atoms with Gasteiger partial charge in [-0.15, -0.1) is 0 Å². The molecule has 5 heteroatoms. The van der Waals surface area contributed by atoms with E-state index in [-0.39, 0.29) is 11.8 Å². The van der Waals surface area contributed by atoms with Crippen LogP contribution in [0.4, 0.5) is 4.39 Å². The van der Waals surface area contributed by atoms with Crippen molar-refractivity contribution in [3.05, 3.63) is 29.6 Å². The van der Waals surface area contributed by atoms with Crippen molar-refractivity contribution in [2.75, 3.05) is 0 Å². The van der Waals surface area contributed by atoms with Crippen LogP contribution >= 0.6 is 0 Å². The molecule has 4 nitrogen and oxygen atoms in total. The van der Waals surface area contributed by atoms with Gasteiger partial charge in [-0.1, -0.05) is 5.16 Å². The summed E-state index contributed by atoms with van der Waals surface area (Å²) in [7, 11) is 0. The molecular formula is C13H16FNO3. The number of halogens is 1. The van der Waals surface area contributed by atoms with E-state index in [2.05, 4.69) is 5.16 Å². The number of aliphatic hydroxyl groups is 1. The predicted molar refractivity (Wildman–Crippen MR) is 64.7 cm³/mol. The fraction of sp³-hybridized carbons (Fsp3) is 0.462. The fourth-order valence-corrected chi connectivity index (χ4v) is 2.15. The van der Waals surface area contributed by atoms with Gasteiger partial charge in [0.1, 0.15) is 17.7 Å². The SMILES string of the molecule is CC(=NO)c1cc(F)ccc1OC1CCCC1O. The van der Waals surface area contributed by atoms with Gasteiger partial charge in [0.15, 0.2) is 0 Å². The Labute approximate surface area is 105 Å². The molecule has 2 unspecified atom stereocenters. The molecule has 1 fully saturated rings. The molecule has 2 rings (SSSR count). The molecule has 0 bridgehead atoms. The van der Waals surface area contributed by atoms with Gasteiger partial charge in [-0.25, -0.2) is 4.39 Å². The molecule has 0 heterocycles. The molecule has 1 saturated carbocycles. The van der Waals surface area contributed by atoms with Crippen LogP contribution in [0.15, 0.2) is 23.4 Å². The molecular weight excluding hydrogens is 237 g/mol. The number of benzene rings is 1. The van der Waals surface area contributed by atoms with Crippen molar-refractivity contribution in [2.45, 2.75) is 38.4 Å². The van der Waals surface area contributed by atoms with Gasteiger partial charge < -0.3 is 15.1 Å². The van der Waals surface area contributed by atoms with Crippen LogP contribution in [0.2, 0.25) is 0 Å². The molecule has 18 heavy (non-hydrogen) atoms. The Kier molecular flexibility index (Phi) is 3.81. The van der Waals surface area contributed by atoms with Crippen LogP contribution in [0.25, 0.3) is 0 Å². The summed E-state index contributed by atoms with van der Waals surface area (Å²) in [5, 5.41) is 21.6. The standard InChI is InChI=1S/C13H16FNO3/c1-8(15-17)10-7-9(14)5-6-12(10)18-13-4-2-3-11(13)16/h5-7,11,13,16-17H,2-4H2,1H3. The highest BCUT2D eigenvalue weighted by molar-refractivity contribution is 6.00. The molecule has 2 N–H and O–H groups in total. The van der Waals surface area contributed by atoms with Gasteiger partial charge in [0.05, 0.1) is 11.8 Å². The first-order chi connectivity index (χ1) is 8.61. The molecule has 0 aromatic heterocycles. The molecule has 0 radical (unpaired) electrons. The lowest BCUT2D eigenvalue weighted by atomic mass is 10.1. The quantitative estimate of drug-likeness (QED) is 0.493. The largest absolute Gasteiger partial charge is 0.487 e. The molecule has 0 spiro atoms. The summed E-state index contributed by atoms with van der Waals surface area (Å²) in [6, 6.07) is 4.03. The van der Waals surface area contributed by atoms with Crippen LogP contribution in [0, 0.1) is 5.82 Å². The number of hydrogen-bond donors (Lipinski definition) is 2. The maximum Gasteiger partial charge on any atom is 0.129 e. The van der Waals surface area contributed by atoms with Crippen molar-refractivity contribution in [1.82, 2.24) is 0 Å². The number of oxime groups is 1. The van der Waals surface area contributed by atoms with Gasteiger partial charge in [-0.05, 0) is 44.4 Å². The van der Waals surface area contributed by atoms with Crippen LogP contribution in [0.1, 0.15) is 31.7 Å². The van der Waals surface area contributed by atoms with Crippen LogP contribution < -0.4 is 4.74 Å². The van der Waals surface area contributed by atoms with Crippen LogP contribution in [-0.2, 0) is 0 Å². The second-order valence-corrected chi connectivity index (χ2v) is 4.48. The molecule has 98 valence electrons. The average molecular weight is 253 g/mol. The third-order valence-electron chi connectivity index (χ3n) is 3.18. The van der Waals surface area contributed by atoms with Gasteiger partial charge in [0, 0.05) is 5.56 Å². The van der Waals surface area contributed by atoms with Gasteiger partial charge in [-0.2, -0.15) is 0 Å². The minimum absolute atomic E-state index is 0.275. The Balaban J connectivity index is 2.26. The zero-order valence-electron chi connectivity index (χ0n) is 10.1. The third kappa shape index (κ3) is 2.61. The monoisotopic (exact) mass is 253 g/mol. The number of nitrogens with zero attached hydrogens (tertiary/aromatic N) is 1. The second kappa shape index (κ2) is 5.35. The van der Waals surface area contributed by atoms with E-state index in [0.29, 0.717) is 17.7 Å². The van der Waals surface area contributed by atoms with E-state index < -0.39 is 11.9 Å². The first-order valence-electron chi connectivity index (χ1n) is 5.95. The first-order valence-corrected chi connectivity index (χ1v) is 5.95. The van der Waals surface area contributed by atoms with E-state index in [1.165, 1.54) is 18.2 Å². The van der Waals surface area contributed by atoms with Crippen molar-refractivity contribution < 1.29 is 19.4 Å². The highest BCUT2D eigenvalue weighted by Gasteiger charge is 2.27. The molecule has 1 aliphatic carbocycles. The zero-order chi connectivity index (χ0) is 13.1. The van der Waals surface area contributed by atoms with Crippen molar-refractivity contribution >= 4 is 5.71 Å². The summed E-state index contributed by atoms with van der Waals surface area (Å²) in [5.74, 6) is 0.00460. The number of ether oxygens (including phenoxy) is 1. The lowest BCUT2D eigenvalue weighted by Crippen LogP contribution is -2.26. The maximum absolute atomic E-state index is 13.2. The minimum atomic E-state index is -0.491. The first kappa shape index (κ1) is 12.8. The normalized spacial score (nSPS) is 24.3. The van der Waals surface area contributed by atoms with Crippen LogP contribution in [0.5, 0.6) is 5.75 Å². The lowest BCUT2D eigenvalue weighted by molar-refractivity contribution is 0.0602. The Morgan fingerprint density at radius 1 is 1.44 bits per heavy atom. The molecule has 1 aromatic carbocycles. The smallest absolute Gasteiger partial charge is 0.129 e. The Morgan fingerprint density at radius 3 is 2.83 bits per heavy atom. The topological polar surface area (TPSA) is 62.1 Å². The summed E-state index contributed by atoms with van der Waals surface area (Å²) < 4.78 is 18.9. The van der Waals surface area contributed by atoms with Crippen LogP contribution in [-0.4, -0.2) is 28.2 Å². The van der Waals surface area contributed by atoms with E-state index >= 15 is 0 Å².